The summed E-state index contributed by atoms with van der Waals surface area (Å²) in [4.78, 5) is 4.11. The van der Waals surface area contributed by atoms with Crippen molar-refractivity contribution in [2.75, 3.05) is 7.11 Å². The van der Waals surface area contributed by atoms with Gasteiger partial charge >= 0.3 is 0 Å². The molecule has 0 spiro atoms. The summed E-state index contributed by atoms with van der Waals surface area (Å²) in [6.45, 7) is 3.94. The number of aryl methyl sites for hydroxylation is 2. The number of ether oxygens (including phenoxy) is 1. The first kappa shape index (κ1) is 13.3. The van der Waals surface area contributed by atoms with Crippen LogP contribution in [0.2, 0.25) is 4.34 Å². The summed E-state index contributed by atoms with van der Waals surface area (Å²) in [5.41, 5.74) is 2.82. The van der Waals surface area contributed by atoms with Gasteiger partial charge in [0.1, 0.15) is 21.2 Å². The van der Waals surface area contributed by atoms with Crippen LogP contribution in [-0.4, -0.2) is 17.2 Å². The zero-order valence-electron chi connectivity index (χ0n) is 10.4. The topological polar surface area (TPSA) is 42.4 Å². The lowest BCUT2D eigenvalue weighted by molar-refractivity contribution is 0.213. The van der Waals surface area contributed by atoms with E-state index in [2.05, 4.69) is 4.98 Å². The van der Waals surface area contributed by atoms with Crippen molar-refractivity contribution in [3.63, 3.8) is 0 Å². The second kappa shape index (κ2) is 5.26. The Morgan fingerprint density at radius 2 is 2.11 bits per heavy atom. The monoisotopic (exact) mass is 283 g/mol. The zero-order chi connectivity index (χ0) is 13.3. The van der Waals surface area contributed by atoms with E-state index in [1.807, 2.05) is 26.0 Å². The number of nitrogens with zero attached hydrogens (tertiary/aromatic N) is 1. The third-order valence-corrected chi connectivity index (χ3v) is 3.88. The van der Waals surface area contributed by atoms with Crippen molar-refractivity contribution in [1.29, 1.82) is 0 Å². The molecule has 0 fully saturated rings. The fourth-order valence-electron chi connectivity index (χ4n) is 1.98. The molecule has 2 aromatic rings. The smallest absolute Gasteiger partial charge is 0.134 e. The Kier molecular flexibility index (Phi) is 3.90. The van der Waals surface area contributed by atoms with E-state index in [1.54, 1.807) is 13.3 Å². The van der Waals surface area contributed by atoms with E-state index in [9.17, 15) is 5.11 Å². The molecule has 0 radical (unpaired) electrons. The van der Waals surface area contributed by atoms with E-state index in [1.165, 1.54) is 11.3 Å². The summed E-state index contributed by atoms with van der Waals surface area (Å²) < 4.78 is 5.90. The van der Waals surface area contributed by atoms with Crippen LogP contribution in [0.4, 0.5) is 0 Å². The lowest BCUT2D eigenvalue weighted by atomic mass is 10.00. The van der Waals surface area contributed by atoms with Crippen LogP contribution in [0.15, 0.2) is 18.3 Å². The van der Waals surface area contributed by atoms with Crippen molar-refractivity contribution in [3.8, 4) is 5.75 Å². The Labute approximate surface area is 115 Å². The Morgan fingerprint density at radius 1 is 1.39 bits per heavy atom. The highest BCUT2D eigenvalue weighted by molar-refractivity contribution is 7.15. The number of aliphatic hydroxyl groups is 1. The van der Waals surface area contributed by atoms with Crippen molar-refractivity contribution in [3.05, 3.63) is 44.4 Å². The second-order valence-corrected chi connectivity index (χ2v) is 5.80. The van der Waals surface area contributed by atoms with Crippen LogP contribution in [0.3, 0.4) is 0 Å². The highest BCUT2D eigenvalue weighted by atomic mass is 35.5. The van der Waals surface area contributed by atoms with Crippen molar-refractivity contribution in [2.45, 2.75) is 20.0 Å². The van der Waals surface area contributed by atoms with Crippen LogP contribution in [0.1, 0.15) is 27.8 Å². The lowest BCUT2D eigenvalue weighted by Gasteiger charge is -2.16. The maximum absolute atomic E-state index is 10.4. The number of aromatic nitrogens is 1. The number of aliphatic hydroxyl groups excluding tert-OH is 1. The number of methoxy groups -OCH3 is 1. The molecule has 0 aliphatic rings. The average Bonchev–Trinajstić information content (AvgIpc) is 2.74. The van der Waals surface area contributed by atoms with Crippen molar-refractivity contribution in [1.82, 2.24) is 4.98 Å². The Bertz CT molecular complexity index is 568. The molecular formula is C13H14ClNO2S. The quantitative estimate of drug-likeness (QED) is 0.937. The maximum atomic E-state index is 10.4. The summed E-state index contributed by atoms with van der Waals surface area (Å²) in [5, 5.41) is 11.0. The van der Waals surface area contributed by atoms with E-state index >= 15 is 0 Å². The first-order valence-corrected chi connectivity index (χ1v) is 6.66. The lowest BCUT2D eigenvalue weighted by Crippen LogP contribution is -2.05. The summed E-state index contributed by atoms with van der Waals surface area (Å²) in [6.07, 6.45) is 0.735. The number of rotatable bonds is 3. The molecule has 1 aromatic carbocycles. The molecule has 5 heteroatoms. The van der Waals surface area contributed by atoms with E-state index in [4.69, 9.17) is 16.3 Å². The molecule has 0 saturated carbocycles. The van der Waals surface area contributed by atoms with Crippen LogP contribution in [-0.2, 0) is 0 Å². The largest absolute Gasteiger partial charge is 0.496 e. The van der Waals surface area contributed by atoms with E-state index in [-0.39, 0.29) is 0 Å². The Morgan fingerprint density at radius 3 is 2.67 bits per heavy atom. The fourth-order valence-corrected chi connectivity index (χ4v) is 2.90. The van der Waals surface area contributed by atoms with Crippen LogP contribution >= 0.6 is 22.9 Å². The van der Waals surface area contributed by atoms with Gasteiger partial charge in [0.15, 0.2) is 0 Å². The molecule has 18 heavy (non-hydrogen) atoms. The predicted molar refractivity (Wildman–Crippen MR) is 73.7 cm³/mol. The van der Waals surface area contributed by atoms with Gasteiger partial charge in [0.05, 0.1) is 13.3 Å². The first-order valence-electron chi connectivity index (χ1n) is 5.47. The molecule has 0 amide bonds. The molecule has 0 saturated heterocycles. The third kappa shape index (κ3) is 2.51. The molecule has 1 unspecified atom stereocenters. The number of thiazole rings is 1. The molecule has 0 aliphatic heterocycles. The SMILES string of the molecule is COc1cc(C)cc(C)c1C(O)c1ncc(Cl)s1. The van der Waals surface area contributed by atoms with Crippen LogP contribution in [0.5, 0.6) is 5.75 Å². The van der Waals surface area contributed by atoms with Gasteiger partial charge < -0.3 is 9.84 Å². The number of hydrogen-bond acceptors (Lipinski definition) is 4. The molecular weight excluding hydrogens is 270 g/mol. The van der Waals surface area contributed by atoms with Gasteiger partial charge in [-0.15, -0.1) is 11.3 Å². The van der Waals surface area contributed by atoms with Gasteiger partial charge in [-0.1, -0.05) is 17.7 Å². The van der Waals surface area contributed by atoms with Crippen LogP contribution < -0.4 is 4.74 Å². The highest BCUT2D eigenvalue weighted by Crippen LogP contribution is 2.36. The van der Waals surface area contributed by atoms with Gasteiger partial charge in [0.25, 0.3) is 0 Å². The standard InChI is InChI=1S/C13H14ClNO2S/c1-7-4-8(2)11(9(5-7)17-3)12(16)13-15-6-10(14)18-13/h4-6,12,16H,1-3H3. The minimum Gasteiger partial charge on any atom is -0.496 e. The minimum atomic E-state index is -0.807. The molecule has 0 bridgehead atoms. The minimum absolute atomic E-state index is 0.563. The van der Waals surface area contributed by atoms with Gasteiger partial charge in [-0.3, -0.25) is 0 Å². The molecule has 1 heterocycles. The Hall–Kier alpha value is -1.10. The van der Waals surface area contributed by atoms with E-state index in [0.717, 1.165) is 16.7 Å². The molecule has 1 atom stereocenters. The zero-order valence-corrected chi connectivity index (χ0v) is 12.0. The molecule has 1 aromatic heterocycles. The second-order valence-electron chi connectivity index (χ2n) is 4.10. The van der Waals surface area contributed by atoms with E-state index in [0.29, 0.717) is 15.1 Å². The summed E-state index contributed by atoms with van der Waals surface area (Å²) in [7, 11) is 1.60. The van der Waals surface area contributed by atoms with Crippen molar-refractivity contribution >= 4 is 22.9 Å². The normalized spacial score (nSPS) is 12.5. The van der Waals surface area contributed by atoms with Gasteiger partial charge in [0, 0.05) is 5.56 Å². The molecule has 96 valence electrons. The highest BCUT2D eigenvalue weighted by Gasteiger charge is 2.21. The van der Waals surface area contributed by atoms with Crippen LogP contribution in [0.25, 0.3) is 0 Å². The maximum Gasteiger partial charge on any atom is 0.134 e. The summed E-state index contributed by atoms with van der Waals surface area (Å²) in [5.74, 6) is 0.673. The number of benzene rings is 1. The van der Waals surface area contributed by atoms with Crippen molar-refractivity contribution in [2.24, 2.45) is 0 Å². The predicted octanol–water partition coefficient (Wildman–Crippen LogP) is 3.50. The molecule has 2 rings (SSSR count). The van der Waals surface area contributed by atoms with Crippen molar-refractivity contribution < 1.29 is 9.84 Å². The average molecular weight is 284 g/mol. The summed E-state index contributed by atoms with van der Waals surface area (Å²) >= 11 is 7.12. The molecule has 3 nitrogen and oxygen atoms in total. The first-order chi connectivity index (χ1) is 8.52. The van der Waals surface area contributed by atoms with Gasteiger partial charge in [0.2, 0.25) is 0 Å². The fraction of sp³-hybridized carbons (Fsp3) is 0.308. The number of hydrogen-bond donors (Lipinski definition) is 1. The molecule has 0 aliphatic carbocycles. The van der Waals surface area contributed by atoms with Gasteiger partial charge in [-0.05, 0) is 31.0 Å². The Balaban J connectivity index is 2.50. The third-order valence-electron chi connectivity index (χ3n) is 2.72. The molecule has 1 N–H and O–H groups in total. The van der Waals surface area contributed by atoms with E-state index < -0.39 is 6.10 Å². The summed E-state index contributed by atoms with van der Waals surface area (Å²) in [6, 6.07) is 3.91. The van der Waals surface area contributed by atoms with Gasteiger partial charge in [-0.25, -0.2) is 4.98 Å². The van der Waals surface area contributed by atoms with Crippen LogP contribution in [0, 0.1) is 13.8 Å². The number of halogens is 1. The van der Waals surface area contributed by atoms with Gasteiger partial charge in [-0.2, -0.15) is 0 Å².